The number of hydrogen-bond acceptors (Lipinski definition) is 7. The van der Waals surface area contributed by atoms with Gasteiger partial charge in [0.1, 0.15) is 17.2 Å². The Morgan fingerprint density at radius 3 is 2.24 bits per heavy atom. The van der Waals surface area contributed by atoms with Gasteiger partial charge in [-0.2, -0.15) is 0 Å². The molecule has 0 saturated carbocycles. The number of nitrogens with zero attached hydrogens (tertiary/aromatic N) is 1. The largest absolute Gasteiger partial charge is 0.521 e. The second kappa shape index (κ2) is 10.2. The molecule has 0 spiro atoms. The molecule has 3 rings (SSSR count). The number of aromatic nitrogens is 1. The van der Waals surface area contributed by atoms with Gasteiger partial charge in [-0.05, 0) is 54.5 Å². The number of benzene rings is 2. The molecule has 2 aromatic carbocycles. The summed E-state index contributed by atoms with van der Waals surface area (Å²) in [6.45, 7) is 11.4. The Labute approximate surface area is 195 Å². The van der Waals surface area contributed by atoms with E-state index in [4.69, 9.17) is 23.1 Å². The number of carbonyl (C=O) groups is 1. The SMILES string of the molecule is COc1ccc(-c2nc(CCO[Si](C)(C)C(C)(C)C)c(OC(=O)Oc3ccccc3)o2)cc1. The fourth-order valence-electron chi connectivity index (χ4n) is 2.73. The van der Waals surface area contributed by atoms with Crippen LogP contribution in [0.3, 0.4) is 0 Å². The van der Waals surface area contributed by atoms with Gasteiger partial charge < -0.3 is 23.1 Å². The second-order valence-electron chi connectivity index (χ2n) is 9.11. The molecule has 0 unspecified atom stereocenters. The topological polar surface area (TPSA) is 80.0 Å². The Bertz CT molecular complexity index is 1050. The lowest BCUT2D eigenvalue weighted by Crippen LogP contribution is -2.41. The molecular formula is C25H31NO6Si. The van der Waals surface area contributed by atoms with Gasteiger partial charge in [-0.3, -0.25) is 0 Å². The summed E-state index contributed by atoms with van der Waals surface area (Å²) >= 11 is 0. The van der Waals surface area contributed by atoms with Crippen molar-refractivity contribution in [3.05, 3.63) is 60.3 Å². The maximum Gasteiger partial charge on any atom is 0.521 e. The van der Waals surface area contributed by atoms with E-state index in [9.17, 15) is 4.79 Å². The number of ether oxygens (including phenoxy) is 3. The van der Waals surface area contributed by atoms with E-state index in [1.165, 1.54) is 0 Å². The summed E-state index contributed by atoms with van der Waals surface area (Å²) in [5.74, 6) is 1.43. The molecule has 1 aromatic heterocycles. The lowest BCUT2D eigenvalue weighted by Gasteiger charge is -2.36. The summed E-state index contributed by atoms with van der Waals surface area (Å²) in [7, 11) is -0.329. The van der Waals surface area contributed by atoms with E-state index < -0.39 is 14.5 Å². The van der Waals surface area contributed by atoms with Crippen molar-refractivity contribution in [1.82, 2.24) is 4.98 Å². The molecule has 0 aliphatic carbocycles. The van der Waals surface area contributed by atoms with Gasteiger partial charge in [0.2, 0.25) is 5.89 Å². The van der Waals surface area contributed by atoms with Gasteiger partial charge in [0.15, 0.2) is 8.32 Å². The van der Waals surface area contributed by atoms with E-state index in [1.54, 1.807) is 31.4 Å². The molecule has 33 heavy (non-hydrogen) atoms. The van der Waals surface area contributed by atoms with Crippen LogP contribution in [0.25, 0.3) is 11.5 Å². The van der Waals surface area contributed by atoms with Gasteiger partial charge >= 0.3 is 12.1 Å². The smallest absolute Gasteiger partial charge is 0.497 e. The third kappa shape index (κ3) is 6.46. The highest BCUT2D eigenvalue weighted by Crippen LogP contribution is 2.37. The molecule has 0 bridgehead atoms. The van der Waals surface area contributed by atoms with E-state index >= 15 is 0 Å². The predicted octanol–water partition coefficient (Wildman–Crippen LogP) is 6.49. The fourth-order valence-corrected chi connectivity index (χ4v) is 3.78. The summed E-state index contributed by atoms with van der Waals surface area (Å²) < 4.78 is 27.9. The molecule has 0 radical (unpaired) electrons. The third-order valence-electron chi connectivity index (χ3n) is 5.73. The van der Waals surface area contributed by atoms with Crippen LogP contribution in [-0.4, -0.2) is 33.2 Å². The van der Waals surface area contributed by atoms with Crippen molar-refractivity contribution < 1.29 is 27.8 Å². The Balaban J connectivity index is 1.79. The highest BCUT2D eigenvalue weighted by atomic mass is 28.4. The van der Waals surface area contributed by atoms with Gasteiger partial charge in [-0.1, -0.05) is 39.0 Å². The molecule has 0 aliphatic heterocycles. The van der Waals surface area contributed by atoms with Crippen LogP contribution >= 0.6 is 0 Å². The first-order valence-corrected chi connectivity index (χ1v) is 13.7. The minimum atomic E-state index is -1.93. The zero-order chi connectivity index (χ0) is 24.1. The molecule has 7 nitrogen and oxygen atoms in total. The highest BCUT2D eigenvalue weighted by molar-refractivity contribution is 6.74. The van der Waals surface area contributed by atoms with Crippen molar-refractivity contribution in [3.63, 3.8) is 0 Å². The Hall–Kier alpha value is -3.10. The summed E-state index contributed by atoms with van der Waals surface area (Å²) in [5, 5.41) is 0.0872. The summed E-state index contributed by atoms with van der Waals surface area (Å²) in [4.78, 5) is 16.9. The van der Waals surface area contributed by atoms with Crippen molar-refractivity contribution in [3.8, 4) is 28.9 Å². The van der Waals surface area contributed by atoms with E-state index in [-0.39, 0.29) is 11.0 Å². The second-order valence-corrected chi connectivity index (χ2v) is 13.9. The number of oxazole rings is 1. The number of para-hydroxylation sites is 1. The minimum Gasteiger partial charge on any atom is -0.497 e. The average molecular weight is 470 g/mol. The molecule has 3 aromatic rings. The zero-order valence-corrected chi connectivity index (χ0v) is 21.0. The van der Waals surface area contributed by atoms with Crippen LogP contribution in [-0.2, 0) is 10.8 Å². The predicted molar refractivity (Wildman–Crippen MR) is 128 cm³/mol. The van der Waals surface area contributed by atoms with Gasteiger partial charge in [0, 0.05) is 18.6 Å². The first-order valence-electron chi connectivity index (χ1n) is 10.8. The summed E-state index contributed by atoms with van der Waals surface area (Å²) in [5.41, 5.74) is 1.22. The van der Waals surface area contributed by atoms with Crippen LogP contribution in [0, 0.1) is 0 Å². The average Bonchev–Trinajstić information content (AvgIpc) is 3.16. The van der Waals surface area contributed by atoms with Crippen molar-refractivity contribution >= 4 is 14.5 Å². The Kier molecular flexibility index (Phi) is 7.60. The van der Waals surface area contributed by atoms with Crippen LogP contribution in [0.1, 0.15) is 26.5 Å². The van der Waals surface area contributed by atoms with Crippen LogP contribution in [0.2, 0.25) is 18.1 Å². The van der Waals surface area contributed by atoms with Gasteiger partial charge in [0.05, 0.1) is 7.11 Å². The minimum absolute atomic E-state index is 0.000538. The molecular weight excluding hydrogens is 438 g/mol. The summed E-state index contributed by atoms with van der Waals surface area (Å²) in [6, 6.07) is 16.0. The Morgan fingerprint density at radius 2 is 1.64 bits per heavy atom. The molecule has 1 heterocycles. The fraction of sp³-hybridized carbons (Fsp3) is 0.360. The first kappa shape index (κ1) is 24.5. The van der Waals surface area contributed by atoms with Gasteiger partial charge in [-0.15, -0.1) is 0 Å². The van der Waals surface area contributed by atoms with Crippen molar-refractivity contribution in [2.24, 2.45) is 0 Å². The lowest BCUT2D eigenvalue weighted by molar-refractivity contribution is 0.139. The standard InChI is InChI=1S/C25H31NO6Si/c1-25(2,3)33(5,6)29-17-16-21-23(32-24(27)30-20-10-8-7-9-11-20)31-22(26-21)18-12-14-19(28-4)15-13-18/h7-15H,16-17H2,1-6H3. The number of carbonyl (C=O) groups excluding carboxylic acids is 1. The quantitative estimate of drug-likeness (QED) is 0.212. The molecule has 0 amide bonds. The van der Waals surface area contributed by atoms with Crippen LogP contribution in [0.15, 0.2) is 59.0 Å². The number of hydrogen-bond donors (Lipinski definition) is 0. The van der Waals surface area contributed by atoms with Crippen molar-refractivity contribution in [2.75, 3.05) is 13.7 Å². The maximum atomic E-state index is 12.4. The van der Waals surface area contributed by atoms with Gasteiger partial charge in [0.25, 0.3) is 0 Å². The molecule has 8 heteroatoms. The van der Waals surface area contributed by atoms with Crippen LogP contribution in [0.5, 0.6) is 17.4 Å². The maximum absolute atomic E-state index is 12.4. The van der Waals surface area contributed by atoms with Crippen LogP contribution in [0.4, 0.5) is 4.79 Å². The van der Waals surface area contributed by atoms with E-state index in [0.717, 1.165) is 11.3 Å². The zero-order valence-electron chi connectivity index (χ0n) is 20.0. The normalized spacial score (nSPS) is 11.8. The third-order valence-corrected chi connectivity index (χ3v) is 10.3. The van der Waals surface area contributed by atoms with E-state index in [0.29, 0.717) is 30.4 Å². The number of rotatable bonds is 8. The molecule has 0 aliphatic rings. The molecule has 0 fully saturated rings. The molecule has 0 saturated heterocycles. The van der Waals surface area contributed by atoms with Crippen molar-refractivity contribution in [2.45, 2.75) is 45.3 Å². The van der Waals surface area contributed by atoms with E-state index in [1.807, 2.05) is 30.3 Å². The Morgan fingerprint density at radius 1 is 0.970 bits per heavy atom. The first-order chi connectivity index (χ1) is 15.6. The highest BCUT2D eigenvalue weighted by Gasteiger charge is 2.37. The lowest BCUT2D eigenvalue weighted by atomic mass is 10.2. The molecule has 0 atom stereocenters. The van der Waals surface area contributed by atoms with Crippen LogP contribution < -0.4 is 14.2 Å². The van der Waals surface area contributed by atoms with Gasteiger partial charge in [-0.25, -0.2) is 9.78 Å². The summed E-state index contributed by atoms with van der Waals surface area (Å²) in [6.07, 6.45) is -0.467. The van der Waals surface area contributed by atoms with E-state index in [2.05, 4.69) is 38.8 Å². The molecule has 0 N–H and O–H groups in total. The number of methoxy groups -OCH3 is 1. The van der Waals surface area contributed by atoms with Crippen molar-refractivity contribution in [1.29, 1.82) is 0 Å². The molecule has 176 valence electrons. The monoisotopic (exact) mass is 469 g/mol.